The zero-order valence-electron chi connectivity index (χ0n) is 15.8. The third-order valence-corrected chi connectivity index (χ3v) is 4.24. The molecule has 0 saturated heterocycles. The molecule has 0 amide bonds. The predicted octanol–water partition coefficient (Wildman–Crippen LogP) is 8.36. The Kier molecular flexibility index (Phi) is 7.66. The van der Waals surface area contributed by atoms with Gasteiger partial charge in [0.2, 0.25) is 5.82 Å². The lowest BCUT2D eigenvalue weighted by molar-refractivity contribution is -0.363. The van der Waals surface area contributed by atoms with Gasteiger partial charge in [0.05, 0.1) is 16.7 Å². The summed E-state index contributed by atoms with van der Waals surface area (Å²) < 4.78 is 293. The van der Waals surface area contributed by atoms with Crippen molar-refractivity contribution in [2.45, 2.75) is 42.2 Å². The Labute approximate surface area is 186 Å². The zero-order chi connectivity index (χ0) is 30.1. The minimum atomic E-state index is -8.79. The van der Waals surface area contributed by atoms with Crippen LogP contribution >= 0.6 is 0 Å². The summed E-state index contributed by atoms with van der Waals surface area (Å²) in [4.78, 5) is 0. The number of allylic oxidation sites excluding steroid dienone is 2. The highest BCUT2D eigenvalue weighted by Gasteiger charge is 2.87. The summed E-state index contributed by atoms with van der Waals surface area (Å²) >= 11 is 0. The fraction of sp³-hybridized carbons (Fsp3) is 0.467. The maximum absolute atomic E-state index is 14.5. The molecule has 0 aromatic heterocycles. The van der Waals surface area contributed by atoms with Gasteiger partial charge in [-0.1, -0.05) is 0 Å². The fourth-order valence-electron chi connectivity index (χ4n) is 2.70. The lowest BCUT2D eigenvalue weighted by atomic mass is 9.75. The number of alkyl halides is 17. The van der Waals surface area contributed by atoms with Gasteiger partial charge in [0.25, 0.3) is 0 Å². The van der Waals surface area contributed by atoms with Crippen molar-refractivity contribution < 1.29 is 96.6 Å². The van der Waals surface area contributed by atoms with Crippen molar-refractivity contribution in [3.63, 3.8) is 0 Å². The van der Waals surface area contributed by atoms with Gasteiger partial charge in [0.1, 0.15) is 0 Å². The predicted molar refractivity (Wildman–Crippen MR) is 71.1 cm³/mol. The van der Waals surface area contributed by atoms with Crippen molar-refractivity contribution in [1.82, 2.24) is 0 Å². The van der Waals surface area contributed by atoms with Gasteiger partial charge in [-0.3, -0.25) is 0 Å². The van der Waals surface area contributed by atoms with E-state index in [0.717, 1.165) is 0 Å². The van der Waals surface area contributed by atoms with Crippen molar-refractivity contribution in [2.75, 3.05) is 0 Å². The first-order valence-corrected chi connectivity index (χ1v) is 7.91. The van der Waals surface area contributed by atoms with Crippen molar-refractivity contribution in [3.8, 4) is 0 Å². The Morgan fingerprint density at radius 1 is 0.351 bits per heavy atom. The maximum Gasteiger partial charge on any atom is 0.435 e. The molecule has 1 aromatic carbocycles. The topological polar surface area (TPSA) is 0 Å². The Morgan fingerprint density at radius 2 is 0.568 bits per heavy atom. The minimum absolute atomic E-state index is 3.59. The molecule has 1 aromatic rings. The highest BCUT2D eigenvalue weighted by molar-refractivity contribution is 5.78. The van der Waals surface area contributed by atoms with E-state index in [9.17, 15) is 96.6 Å². The molecule has 0 radical (unpaired) electrons. The third-order valence-electron chi connectivity index (χ3n) is 4.24. The zero-order valence-corrected chi connectivity index (χ0v) is 15.8. The summed E-state index contributed by atoms with van der Waals surface area (Å²) in [7, 11) is 0. The normalized spacial score (nSPS) is 14.8. The van der Waals surface area contributed by atoms with Crippen LogP contribution in [0.25, 0.3) is 5.57 Å². The standard InChI is InChI=1S/C15F22/c16-3-1(4(17)6(19)7(20)5(3)18)2(11(23,24)25)8(9(21,12(26,27)28)13(29,30)31)10(22,14(32,33)34)15(35,36)37. The molecule has 0 aliphatic rings. The molecule has 0 atom stereocenters. The smallest absolute Gasteiger partial charge is 0.218 e. The first kappa shape index (κ1) is 32.4. The first-order chi connectivity index (χ1) is 15.9. The van der Waals surface area contributed by atoms with Gasteiger partial charge in [0.15, 0.2) is 23.3 Å². The largest absolute Gasteiger partial charge is 0.435 e. The number of rotatable bonds is 3. The summed E-state index contributed by atoms with van der Waals surface area (Å²) in [6, 6.07) is 0. The van der Waals surface area contributed by atoms with E-state index in [0.29, 0.717) is 0 Å². The molecule has 1 rings (SSSR count). The highest BCUT2D eigenvalue weighted by Crippen LogP contribution is 2.64. The number of halogens is 22. The second-order valence-electron chi connectivity index (χ2n) is 6.50. The van der Waals surface area contributed by atoms with Gasteiger partial charge in [-0.15, -0.1) is 0 Å². The average molecular weight is 598 g/mol. The van der Waals surface area contributed by atoms with Gasteiger partial charge >= 0.3 is 42.2 Å². The van der Waals surface area contributed by atoms with Crippen molar-refractivity contribution in [3.05, 3.63) is 40.2 Å². The van der Waals surface area contributed by atoms with E-state index in [1.165, 1.54) is 0 Å². The Morgan fingerprint density at radius 3 is 0.757 bits per heavy atom. The van der Waals surface area contributed by atoms with Crippen molar-refractivity contribution >= 4 is 5.57 Å². The van der Waals surface area contributed by atoms with Crippen molar-refractivity contribution in [1.29, 1.82) is 0 Å². The van der Waals surface area contributed by atoms with Gasteiger partial charge in [-0.05, 0) is 0 Å². The van der Waals surface area contributed by atoms with Crippen LogP contribution < -0.4 is 0 Å². The van der Waals surface area contributed by atoms with Crippen LogP contribution in [-0.2, 0) is 0 Å². The number of hydrogen-bond donors (Lipinski definition) is 0. The Hall–Kier alpha value is -2.58. The third kappa shape index (κ3) is 4.74. The lowest BCUT2D eigenvalue weighted by Crippen LogP contribution is -2.66. The molecule has 0 heterocycles. The molecule has 0 spiro atoms. The molecular weight excluding hydrogens is 598 g/mol. The van der Waals surface area contributed by atoms with Gasteiger partial charge in [0, 0.05) is 0 Å². The highest BCUT2D eigenvalue weighted by atomic mass is 19.4. The van der Waals surface area contributed by atoms with Crippen LogP contribution in [0.2, 0.25) is 0 Å². The van der Waals surface area contributed by atoms with Crippen LogP contribution in [0, 0.1) is 29.1 Å². The van der Waals surface area contributed by atoms with Crippen molar-refractivity contribution in [2.24, 2.45) is 0 Å². The molecule has 0 bridgehead atoms. The molecule has 37 heavy (non-hydrogen) atoms. The molecule has 214 valence electrons. The Bertz CT molecular complexity index is 973. The minimum Gasteiger partial charge on any atom is -0.218 e. The quantitative estimate of drug-likeness (QED) is 0.187. The fourth-order valence-corrected chi connectivity index (χ4v) is 2.70. The van der Waals surface area contributed by atoms with E-state index < -0.39 is 88.0 Å². The molecule has 0 N–H and O–H groups in total. The van der Waals surface area contributed by atoms with Crippen LogP contribution in [0.4, 0.5) is 96.6 Å². The SMILES string of the molecule is Fc1c(F)c(F)c(C(=C(C(F)(C(F)(F)F)C(F)(F)F)C(F)(C(F)(F)F)C(F)(F)F)C(F)(F)F)c(F)c1F. The second-order valence-corrected chi connectivity index (χ2v) is 6.50. The molecule has 0 aliphatic carbocycles. The summed E-state index contributed by atoms with van der Waals surface area (Å²) in [5.41, 5.74) is -33.7. The van der Waals surface area contributed by atoms with Crippen LogP contribution in [0.15, 0.2) is 5.57 Å². The van der Waals surface area contributed by atoms with Crippen LogP contribution in [0.1, 0.15) is 5.56 Å². The molecule has 0 aliphatic heterocycles. The number of benzene rings is 1. The summed E-state index contributed by atoms with van der Waals surface area (Å²) in [5, 5.41) is 0. The summed E-state index contributed by atoms with van der Waals surface area (Å²) in [5.74, 6) is -19.8. The van der Waals surface area contributed by atoms with Gasteiger partial charge in [-0.2, -0.15) is 65.9 Å². The average Bonchev–Trinajstić information content (AvgIpc) is 2.65. The molecule has 0 fully saturated rings. The first-order valence-electron chi connectivity index (χ1n) is 7.91. The van der Waals surface area contributed by atoms with E-state index in [2.05, 4.69) is 0 Å². The second kappa shape index (κ2) is 8.73. The lowest BCUT2D eigenvalue weighted by Gasteiger charge is -2.41. The van der Waals surface area contributed by atoms with Crippen LogP contribution in [-0.4, -0.2) is 42.2 Å². The molecule has 0 nitrogen and oxygen atoms in total. The molecule has 22 heteroatoms. The monoisotopic (exact) mass is 598 g/mol. The summed E-state index contributed by atoms with van der Waals surface area (Å²) in [6.07, 6.45) is -41.9. The van der Waals surface area contributed by atoms with Gasteiger partial charge < -0.3 is 0 Å². The van der Waals surface area contributed by atoms with Crippen LogP contribution in [0.3, 0.4) is 0 Å². The Balaban J connectivity index is 5.05. The molecule has 0 unspecified atom stereocenters. The van der Waals surface area contributed by atoms with E-state index >= 15 is 0 Å². The van der Waals surface area contributed by atoms with E-state index in [-0.39, 0.29) is 0 Å². The molecular formula is C15F22. The number of hydrogen-bond acceptors (Lipinski definition) is 0. The summed E-state index contributed by atoms with van der Waals surface area (Å²) in [6.45, 7) is 0. The van der Waals surface area contributed by atoms with E-state index in [1.807, 2.05) is 0 Å². The molecule has 0 saturated carbocycles. The van der Waals surface area contributed by atoms with E-state index in [1.54, 1.807) is 0 Å². The van der Waals surface area contributed by atoms with Gasteiger partial charge in [-0.25, -0.2) is 30.7 Å². The van der Waals surface area contributed by atoms with Crippen LogP contribution in [0.5, 0.6) is 0 Å². The maximum atomic E-state index is 14.5. The van der Waals surface area contributed by atoms with E-state index in [4.69, 9.17) is 0 Å².